The van der Waals surface area contributed by atoms with E-state index in [9.17, 15) is 19.8 Å². The third-order valence-corrected chi connectivity index (χ3v) is 9.47. The van der Waals surface area contributed by atoms with E-state index >= 15 is 0 Å². The largest absolute Gasteiger partial charge is 0.508 e. The Hall–Kier alpha value is -2.74. The number of imide groups is 1. The van der Waals surface area contributed by atoms with E-state index in [0.717, 1.165) is 50.9 Å². The van der Waals surface area contributed by atoms with Crippen molar-refractivity contribution in [3.8, 4) is 5.75 Å². The quantitative estimate of drug-likeness (QED) is 0.556. The molecule has 3 saturated heterocycles. The number of piperidine rings is 1. The number of fused-ring (bicyclic) bond motifs is 3. The van der Waals surface area contributed by atoms with Crippen molar-refractivity contribution in [1.82, 2.24) is 9.80 Å². The Morgan fingerprint density at radius 1 is 0.974 bits per heavy atom. The SMILES string of the molecule is CCC[C@H]1C[C@@H]2C(=O)N(C3CCN(Cc4ccccc4)CC3)C(=O)[C@@H]2[C@@H]2C[C@@H](c3ccc(O)cc3)O[C@]12O. The highest BCUT2D eigenvalue weighted by molar-refractivity contribution is 6.05. The first-order chi connectivity index (χ1) is 18.4. The van der Waals surface area contributed by atoms with Gasteiger partial charge in [-0.05, 0) is 55.4 Å². The normalized spacial score (nSPS) is 33.9. The number of carbonyl (C=O) groups excluding carboxylic acids is 2. The van der Waals surface area contributed by atoms with E-state index in [1.807, 2.05) is 18.2 Å². The molecule has 0 bridgehead atoms. The summed E-state index contributed by atoms with van der Waals surface area (Å²) in [5.41, 5.74) is 2.15. The molecule has 0 unspecified atom stereocenters. The molecule has 3 heterocycles. The van der Waals surface area contributed by atoms with Gasteiger partial charge in [0.1, 0.15) is 5.75 Å². The van der Waals surface area contributed by atoms with Gasteiger partial charge in [-0.2, -0.15) is 0 Å². The molecule has 0 spiro atoms. The highest BCUT2D eigenvalue weighted by Crippen LogP contribution is 2.59. The molecule has 2 aromatic carbocycles. The fraction of sp³-hybridized carbons (Fsp3) is 0.548. The number of rotatable bonds is 6. The highest BCUT2D eigenvalue weighted by atomic mass is 16.6. The van der Waals surface area contributed by atoms with Crippen LogP contribution >= 0.6 is 0 Å². The fourth-order valence-corrected chi connectivity index (χ4v) is 7.62. The summed E-state index contributed by atoms with van der Waals surface area (Å²) in [4.78, 5) is 31.7. The molecular formula is C31H38N2O5. The maximum Gasteiger partial charge on any atom is 0.233 e. The number of hydrogen-bond donors (Lipinski definition) is 2. The lowest BCUT2D eigenvalue weighted by Crippen LogP contribution is -2.53. The highest BCUT2D eigenvalue weighted by Gasteiger charge is 2.67. The minimum atomic E-state index is -1.43. The molecular weight excluding hydrogens is 480 g/mol. The smallest absolute Gasteiger partial charge is 0.233 e. The Labute approximate surface area is 224 Å². The number of ether oxygens (including phenoxy) is 1. The molecule has 38 heavy (non-hydrogen) atoms. The van der Waals surface area contributed by atoms with Gasteiger partial charge in [0.15, 0.2) is 5.79 Å². The number of amides is 2. The monoisotopic (exact) mass is 518 g/mol. The number of likely N-dealkylation sites (tertiary alicyclic amines) is 2. The molecule has 1 saturated carbocycles. The summed E-state index contributed by atoms with van der Waals surface area (Å²) in [5, 5.41) is 21.7. The standard InChI is InChI=1S/C31H38N2O5/c1-2-6-22-17-25-28(26-18-27(38-31(22,26)37)21-9-11-24(34)12-10-21)30(36)33(29(25)35)23-13-15-32(16-14-23)19-20-7-4-3-5-8-20/h3-5,7-12,22-23,25-28,34,37H,2,6,13-19H2,1H3/t22-,25-,26-,27-,28-,31+/m0/s1. The predicted molar refractivity (Wildman–Crippen MR) is 142 cm³/mol. The summed E-state index contributed by atoms with van der Waals surface area (Å²) in [6.07, 6.45) is 3.79. The van der Waals surface area contributed by atoms with Crippen LogP contribution in [0.1, 0.15) is 62.7 Å². The number of aromatic hydroxyl groups is 1. The zero-order chi connectivity index (χ0) is 26.4. The minimum absolute atomic E-state index is 0.0438. The Kier molecular flexibility index (Phi) is 6.79. The van der Waals surface area contributed by atoms with Crippen molar-refractivity contribution in [2.75, 3.05) is 13.1 Å². The second-order valence-electron chi connectivity index (χ2n) is 11.7. The zero-order valence-electron chi connectivity index (χ0n) is 22.0. The number of phenolic OH excluding ortho intramolecular Hbond substituents is 1. The lowest BCUT2D eigenvalue weighted by Gasteiger charge is -2.44. The Balaban J connectivity index is 1.20. The van der Waals surface area contributed by atoms with Gasteiger partial charge >= 0.3 is 0 Å². The number of carbonyl (C=O) groups is 2. The molecule has 7 nitrogen and oxygen atoms in total. The van der Waals surface area contributed by atoms with Gasteiger partial charge in [-0.25, -0.2) is 0 Å². The maximum absolute atomic E-state index is 14.0. The predicted octanol–water partition coefficient (Wildman–Crippen LogP) is 4.24. The van der Waals surface area contributed by atoms with E-state index in [1.54, 1.807) is 17.0 Å². The van der Waals surface area contributed by atoms with E-state index in [2.05, 4.69) is 36.1 Å². The molecule has 2 N–H and O–H groups in total. The summed E-state index contributed by atoms with van der Waals surface area (Å²) in [6, 6.07) is 17.2. The maximum atomic E-state index is 14.0. The molecule has 202 valence electrons. The van der Waals surface area contributed by atoms with Crippen molar-refractivity contribution in [3.63, 3.8) is 0 Å². The molecule has 7 heteroatoms. The molecule has 4 aliphatic rings. The summed E-state index contributed by atoms with van der Waals surface area (Å²) in [5.74, 6) is -2.94. The van der Waals surface area contributed by atoms with E-state index in [1.165, 1.54) is 5.56 Å². The van der Waals surface area contributed by atoms with Crippen LogP contribution in [0.15, 0.2) is 54.6 Å². The number of aliphatic hydroxyl groups is 1. The Bertz CT molecular complexity index is 1160. The molecule has 0 radical (unpaired) electrons. The van der Waals surface area contributed by atoms with Crippen LogP contribution in [0.4, 0.5) is 0 Å². The third-order valence-electron chi connectivity index (χ3n) is 9.47. The number of phenols is 1. The van der Waals surface area contributed by atoms with Crippen LogP contribution < -0.4 is 0 Å². The second-order valence-corrected chi connectivity index (χ2v) is 11.7. The molecule has 4 fully saturated rings. The van der Waals surface area contributed by atoms with E-state index in [-0.39, 0.29) is 41.5 Å². The average Bonchev–Trinajstić information content (AvgIpc) is 3.40. The van der Waals surface area contributed by atoms with Crippen molar-refractivity contribution in [1.29, 1.82) is 0 Å². The third kappa shape index (κ3) is 4.34. The summed E-state index contributed by atoms with van der Waals surface area (Å²) in [6.45, 7) is 4.66. The summed E-state index contributed by atoms with van der Waals surface area (Å²) < 4.78 is 6.37. The topological polar surface area (TPSA) is 90.3 Å². The Morgan fingerprint density at radius 2 is 1.68 bits per heavy atom. The number of benzene rings is 2. The van der Waals surface area contributed by atoms with Crippen LogP contribution in [-0.2, 0) is 20.9 Å². The zero-order valence-corrected chi connectivity index (χ0v) is 22.0. The average molecular weight is 519 g/mol. The van der Waals surface area contributed by atoms with Gasteiger partial charge in [-0.3, -0.25) is 19.4 Å². The van der Waals surface area contributed by atoms with Gasteiger partial charge in [0.05, 0.1) is 17.9 Å². The second kappa shape index (κ2) is 10.1. The minimum Gasteiger partial charge on any atom is -0.508 e. The number of nitrogens with zero attached hydrogens (tertiary/aromatic N) is 2. The molecule has 6 atom stereocenters. The van der Waals surface area contributed by atoms with Gasteiger partial charge in [-0.1, -0.05) is 55.8 Å². The lowest BCUT2D eigenvalue weighted by atomic mass is 9.63. The van der Waals surface area contributed by atoms with Gasteiger partial charge in [0, 0.05) is 37.5 Å². The molecule has 2 aromatic rings. The number of hydrogen-bond acceptors (Lipinski definition) is 6. The van der Waals surface area contributed by atoms with Gasteiger partial charge in [0.25, 0.3) is 0 Å². The molecule has 3 aliphatic heterocycles. The van der Waals surface area contributed by atoms with Crippen LogP contribution in [0.25, 0.3) is 0 Å². The molecule has 0 aromatic heterocycles. The van der Waals surface area contributed by atoms with Crippen LogP contribution in [-0.4, -0.2) is 56.7 Å². The molecule has 6 rings (SSSR count). The lowest BCUT2D eigenvalue weighted by molar-refractivity contribution is -0.270. The van der Waals surface area contributed by atoms with Crippen molar-refractivity contribution in [2.45, 2.75) is 69.9 Å². The van der Waals surface area contributed by atoms with Gasteiger partial charge in [-0.15, -0.1) is 0 Å². The van der Waals surface area contributed by atoms with Crippen molar-refractivity contribution in [2.24, 2.45) is 23.7 Å². The van der Waals surface area contributed by atoms with Crippen molar-refractivity contribution < 1.29 is 24.5 Å². The van der Waals surface area contributed by atoms with Crippen LogP contribution in [0.2, 0.25) is 0 Å². The van der Waals surface area contributed by atoms with Crippen LogP contribution in [0.3, 0.4) is 0 Å². The molecule has 1 aliphatic carbocycles. The van der Waals surface area contributed by atoms with E-state index < -0.39 is 17.6 Å². The Morgan fingerprint density at radius 3 is 2.37 bits per heavy atom. The van der Waals surface area contributed by atoms with E-state index in [0.29, 0.717) is 12.8 Å². The summed E-state index contributed by atoms with van der Waals surface area (Å²) in [7, 11) is 0. The van der Waals surface area contributed by atoms with Crippen LogP contribution in [0.5, 0.6) is 5.75 Å². The van der Waals surface area contributed by atoms with Gasteiger partial charge in [0.2, 0.25) is 11.8 Å². The first-order valence-corrected chi connectivity index (χ1v) is 14.2. The molecule has 2 amide bonds. The summed E-state index contributed by atoms with van der Waals surface area (Å²) >= 11 is 0. The van der Waals surface area contributed by atoms with Crippen molar-refractivity contribution in [3.05, 3.63) is 65.7 Å². The first kappa shape index (κ1) is 25.5. The van der Waals surface area contributed by atoms with E-state index in [4.69, 9.17) is 4.74 Å². The van der Waals surface area contributed by atoms with Crippen molar-refractivity contribution >= 4 is 11.8 Å². The van der Waals surface area contributed by atoms with Crippen LogP contribution in [0, 0.1) is 23.7 Å². The fourth-order valence-electron chi connectivity index (χ4n) is 7.62. The van der Waals surface area contributed by atoms with Gasteiger partial charge < -0.3 is 14.9 Å². The first-order valence-electron chi connectivity index (χ1n) is 14.2.